The molecule has 1 rings (SSSR count). The standard InChI is InChI=1S/C11H13FO2/c1-3-8-6-9(7(2)12)4-5-10(8)11(13)14/h4-7H,3H2,1-2H3,(H,13,14). The number of carboxylic acids is 1. The number of aromatic carboxylic acids is 1. The Bertz CT molecular complexity index is 345. The van der Waals surface area contributed by atoms with Gasteiger partial charge in [0, 0.05) is 0 Å². The highest BCUT2D eigenvalue weighted by Gasteiger charge is 2.11. The zero-order valence-corrected chi connectivity index (χ0v) is 8.25. The van der Waals surface area contributed by atoms with Crippen LogP contribution in [-0.4, -0.2) is 11.1 Å². The smallest absolute Gasteiger partial charge is 0.335 e. The average Bonchev–Trinajstić information content (AvgIpc) is 2.16. The molecule has 76 valence electrons. The lowest BCUT2D eigenvalue weighted by Gasteiger charge is -2.07. The zero-order valence-electron chi connectivity index (χ0n) is 8.25. The first-order chi connectivity index (χ1) is 6.56. The van der Waals surface area contributed by atoms with E-state index in [2.05, 4.69) is 0 Å². The van der Waals surface area contributed by atoms with Gasteiger partial charge in [-0.2, -0.15) is 0 Å². The van der Waals surface area contributed by atoms with Crippen molar-refractivity contribution in [2.75, 3.05) is 0 Å². The molecule has 0 bridgehead atoms. The number of carboxylic acid groups (broad SMARTS) is 1. The van der Waals surface area contributed by atoms with Crippen LogP contribution in [0.2, 0.25) is 0 Å². The summed E-state index contributed by atoms with van der Waals surface area (Å²) in [6, 6.07) is 4.61. The predicted molar refractivity (Wildman–Crippen MR) is 52.3 cm³/mol. The van der Waals surface area contributed by atoms with E-state index in [4.69, 9.17) is 5.11 Å². The van der Waals surface area contributed by atoms with Gasteiger partial charge < -0.3 is 5.11 Å². The summed E-state index contributed by atoms with van der Waals surface area (Å²) in [5, 5.41) is 8.83. The molecule has 0 aliphatic rings. The van der Waals surface area contributed by atoms with E-state index in [1.807, 2.05) is 6.92 Å². The minimum Gasteiger partial charge on any atom is -0.478 e. The van der Waals surface area contributed by atoms with E-state index < -0.39 is 12.1 Å². The van der Waals surface area contributed by atoms with Gasteiger partial charge >= 0.3 is 5.97 Å². The van der Waals surface area contributed by atoms with Crippen LogP contribution < -0.4 is 0 Å². The zero-order chi connectivity index (χ0) is 10.7. The molecule has 1 unspecified atom stereocenters. The van der Waals surface area contributed by atoms with Gasteiger partial charge in [-0.3, -0.25) is 0 Å². The molecule has 0 aliphatic carbocycles. The summed E-state index contributed by atoms with van der Waals surface area (Å²) in [5.74, 6) is -0.958. The number of carbonyl (C=O) groups is 1. The van der Waals surface area contributed by atoms with Gasteiger partial charge in [0.25, 0.3) is 0 Å². The van der Waals surface area contributed by atoms with E-state index in [0.29, 0.717) is 17.5 Å². The molecule has 2 nitrogen and oxygen atoms in total. The lowest BCUT2D eigenvalue weighted by Crippen LogP contribution is -2.02. The summed E-state index contributed by atoms with van der Waals surface area (Å²) in [6.07, 6.45) is -0.453. The van der Waals surface area contributed by atoms with Crippen LogP contribution in [-0.2, 0) is 6.42 Å². The maximum absolute atomic E-state index is 12.9. The van der Waals surface area contributed by atoms with Crippen molar-refractivity contribution in [2.45, 2.75) is 26.4 Å². The van der Waals surface area contributed by atoms with Gasteiger partial charge in [0.1, 0.15) is 6.17 Å². The molecule has 0 fully saturated rings. The molecule has 0 aromatic heterocycles. The molecule has 0 amide bonds. The molecule has 0 heterocycles. The second-order valence-corrected chi connectivity index (χ2v) is 3.19. The minimum absolute atomic E-state index is 0.261. The Kier molecular flexibility index (Phi) is 3.23. The maximum Gasteiger partial charge on any atom is 0.335 e. The Morgan fingerprint density at radius 3 is 2.64 bits per heavy atom. The molecule has 0 radical (unpaired) electrons. The quantitative estimate of drug-likeness (QED) is 0.806. The largest absolute Gasteiger partial charge is 0.478 e. The summed E-state index contributed by atoms with van der Waals surface area (Å²) in [6.45, 7) is 3.30. The molecule has 1 N–H and O–H groups in total. The van der Waals surface area contributed by atoms with Crippen LogP contribution in [0.1, 0.15) is 41.5 Å². The van der Waals surface area contributed by atoms with Crippen molar-refractivity contribution >= 4 is 5.97 Å². The van der Waals surface area contributed by atoms with Gasteiger partial charge in [0.15, 0.2) is 0 Å². The van der Waals surface area contributed by atoms with Gasteiger partial charge in [-0.15, -0.1) is 0 Å². The minimum atomic E-state index is -1.05. The Labute approximate surface area is 82.4 Å². The van der Waals surface area contributed by atoms with E-state index in [-0.39, 0.29) is 5.56 Å². The third-order valence-corrected chi connectivity index (χ3v) is 2.20. The fourth-order valence-corrected chi connectivity index (χ4v) is 1.36. The van der Waals surface area contributed by atoms with Crippen LogP contribution in [0, 0.1) is 0 Å². The third kappa shape index (κ3) is 2.10. The number of benzene rings is 1. The summed E-state index contributed by atoms with van der Waals surface area (Å²) in [4.78, 5) is 10.8. The van der Waals surface area contributed by atoms with Crippen LogP contribution in [0.5, 0.6) is 0 Å². The number of rotatable bonds is 3. The number of alkyl halides is 1. The van der Waals surface area contributed by atoms with Crippen LogP contribution in [0.4, 0.5) is 4.39 Å². The summed E-state index contributed by atoms with van der Waals surface area (Å²) < 4.78 is 12.9. The molecular weight excluding hydrogens is 183 g/mol. The first-order valence-corrected chi connectivity index (χ1v) is 4.56. The van der Waals surface area contributed by atoms with Crippen LogP contribution in [0.15, 0.2) is 18.2 Å². The Morgan fingerprint density at radius 2 is 2.21 bits per heavy atom. The lowest BCUT2D eigenvalue weighted by molar-refractivity contribution is 0.0695. The van der Waals surface area contributed by atoms with Crippen LogP contribution in [0.3, 0.4) is 0 Å². The van der Waals surface area contributed by atoms with E-state index in [1.54, 1.807) is 6.07 Å². The van der Waals surface area contributed by atoms with Gasteiger partial charge in [0.2, 0.25) is 0 Å². The van der Waals surface area contributed by atoms with Crippen molar-refractivity contribution in [3.05, 3.63) is 34.9 Å². The fourth-order valence-electron chi connectivity index (χ4n) is 1.36. The molecule has 1 aromatic carbocycles. The molecular formula is C11H13FO2. The van der Waals surface area contributed by atoms with E-state index >= 15 is 0 Å². The molecule has 0 saturated carbocycles. The SMILES string of the molecule is CCc1cc(C(C)F)ccc1C(=O)O. The van der Waals surface area contributed by atoms with E-state index in [1.165, 1.54) is 19.1 Å². The highest BCUT2D eigenvalue weighted by atomic mass is 19.1. The van der Waals surface area contributed by atoms with Gasteiger partial charge in [-0.25, -0.2) is 9.18 Å². The second kappa shape index (κ2) is 4.22. The predicted octanol–water partition coefficient (Wildman–Crippen LogP) is 2.98. The monoisotopic (exact) mass is 196 g/mol. The molecule has 1 atom stereocenters. The summed E-state index contributed by atoms with van der Waals surface area (Å²) in [7, 11) is 0. The maximum atomic E-state index is 12.9. The Hall–Kier alpha value is -1.38. The number of aryl methyl sites for hydroxylation is 1. The molecule has 14 heavy (non-hydrogen) atoms. The first-order valence-electron chi connectivity index (χ1n) is 4.56. The Morgan fingerprint density at radius 1 is 1.57 bits per heavy atom. The fraction of sp³-hybridized carbons (Fsp3) is 0.364. The van der Waals surface area contributed by atoms with Crippen molar-refractivity contribution in [1.29, 1.82) is 0 Å². The second-order valence-electron chi connectivity index (χ2n) is 3.19. The van der Waals surface area contributed by atoms with Gasteiger partial charge in [0.05, 0.1) is 5.56 Å². The molecule has 1 aromatic rings. The summed E-state index contributed by atoms with van der Waals surface area (Å²) in [5.41, 5.74) is 1.48. The van der Waals surface area contributed by atoms with Gasteiger partial charge in [-0.1, -0.05) is 19.1 Å². The van der Waals surface area contributed by atoms with E-state index in [0.717, 1.165) is 0 Å². The average molecular weight is 196 g/mol. The number of hydrogen-bond acceptors (Lipinski definition) is 1. The number of hydrogen-bond donors (Lipinski definition) is 1. The van der Waals surface area contributed by atoms with Crippen molar-refractivity contribution < 1.29 is 14.3 Å². The lowest BCUT2D eigenvalue weighted by atomic mass is 10.0. The van der Waals surface area contributed by atoms with Gasteiger partial charge in [-0.05, 0) is 30.5 Å². The Balaban J connectivity index is 3.18. The highest BCUT2D eigenvalue weighted by molar-refractivity contribution is 5.89. The van der Waals surface area contributed by atoms with Crippen LogP contribution >= 0.6 is 0 Å². The summed E-state index contributed by atoms with van der Waals surface area (Å²) >= 11 is 0. The topological polar surface area (TPSA) is 37.3 Å². The molecule has 0 spiro atoms. The normalized spacial score (nSPS) is 12.5. The highest BCUT2D eigenvalue weighted by Crippen LogP contribution is 2.20. The van der Waals surface area contributed by atoms with Crippen molar-refractivity contribution in [3.8, 4) is 0 Å². The van der Waals surface area contributed by atoms with Crippen molar-refractivity contribution in [2.24, 2.45) is 0 Å². The van der Waals surface area contributed by atoms with E-state index in [9.17, 15) is 9.18 Å². The molecule has 0 saturated heterocycles. The van der Waals surface area contributed by atoms with Crippen molar-refractivity contribution in [3.63, 3.8) is 0 Å². The number of halogens is 1. The first kappa shape index (κ1) is 10.7. The van der Waals surface area contributed by atoms with Crippen LogP contribution in [0.25, 0.3) is 0 Å². The molecule has 0 aliphatic heterocycles. The third-order valence-electron chi connectivity index (χ3n) is 2.20. The van der Waals surface area contributed by atoms with Crippen molar-refractivity contribution in [1.82, 2.24) is 0 Å². The molecule has 3 heteroatoms.